The molecular weight excluding hydrogens is 250 g/mol. The van der Waals surface area contributed by atoms with Crippen molar-refractivity contribution >= 4 is 54.5 Å². The van der Waals surface area contributed by atoms with E-state index in [0.29, 0.717) is 0 Å². The summed E-state index contributed by atoms with van der Waals surface area (Å²) in [5, 5.41) is 3.94. The van der Waals surface area contributed by atoms with Crippen LogP contribution in [-0.4, -0.2) is 4.98 Å². The number of hydrogen-bond acceptors (Lipinski definition) is 5. The Morgan fingerprint density at radius 3 is 2.06 bits per heavy atom. The molecule has 3 nitrogen and oxygen atoms in total. The van der Waals surface area contributed by atoms with Gasteiger partial charge in [0.15, 0.2) is 0 Å². The molecule has 0 atom stereocenters. The van der Waals surface area contributed by atoms with Crippen LogP contribution >= 0.6 is 22.7 Å². The molecule has 0 saturated heterocycles. The molecule has 3 aromatic heterocycles. The molecular formula is C12H13N3S2. The zero-order chi connectivity index (χ0) is 12.0. The Kier molecular flexibility index (Phi) is 2.45. The number of nitrogen functional groups attached to an aromatic ring is 2. The fourth-order valence-electron chi connectivity index (χ4n) is 2.08. The Morgan fingerprint density at radius 2 is 1.59 bits per heavy atom. The minimum atomic E-state index is 0.759. The van der Waals surface area contributed by atoms with E-state index in [1.807, 2.05) is 10.8 Å². The number of thiophene rings is 2. The number of nitrogens with zero attached hydrogens (tertiary/aromatic N) is 1. The minimum Gasteiger partial charge on any atom is -0.396 e. The maximum Gasteiger partial charge on any atom is 0.105 e. The van der Waals surface area contributed by atoms with Crippen LogP contribution in [0.3, 0.4) is 0 Å². The normalized spacial score (nSPS) is 11.6. The lowest BCUT2D eigenvalue weighted by atomic mass is 10.1. The predicted octanol–water partition coefficient (Wildman–Crippen LogP) is 3.63. The van der Waals surface area contributed by atoms with Crippen molar-refractivity contribution in [1.29, 1.82) is 0 Å². The van der Waals surface area contributed by atoms with Gasteiger partial charge in [-0.05, 0) is 12.0 Å². The molecule has 0 bridgehead atoms. The molecule has 0 aliphatic rings. The van der Waals surface area contributed by atoms with E-state index in [2.05, 4.69) is 11.9 Å². The topological polar surface area (TPSA) is 64.9 Å². The third-order valence-corrected chi connectivity index (χ3v) is 4.95. The highest BCUT2D eigenvalue weighted by Crippen LogP contribution is 2.39. The summed E-state index contributed by atoms with van der Waals surface area (Å²) >= 11 is 3.37. The molecule has 0 saturated carbocycles. The van der Waals surface area contributed by atoms with E-state index in [1.54, 1.807) is 22.7 Å². The van der Waals surface area contributed by atoms with Crippen molar-refractivity contribution in [2.75, 3.05) is 11.5 Å². The second-order valence-electron chi connectivity index (χ2n) is 4.08. The highest BCUT2D eigenvalue weighted by molar-refractivity contribution is 7.20. The van der Waals surface area contributed by atoms with Crippen LogP contribution in [0.25, 0.3) is 20.4 Å². The summed E-state index contributed by atoms with van der Waals surface area (Å²) in [5.41, 5.74) is 16.6. The summed E-state index contributed by atoms with van der Waals surface area (Å²) in [4.78, 5) is 4.61. The Labute approximate surface area is 107 Å². The van der Waals surface area contributed by atoms with E-state index in [4.69, 9.17) is 11.5 Å². The van der Waals surface area contributed by atoms with Crippen molar-refractivity contribution in [1.82, 2.24) is 4.98 Å². The first-order valence-corrected chi connectivity index (χ1v) is 7.30. The molecule has 0 aromatic carbocycles. The summed E-state index contributed by atoms with van der Waals surface area (Å²) < 4.78 is 2.44. The Hall–Kier alpha value is -1.33. The third-order valence-electron chi connectivity index (χ3n) is 2.86. The van der Waals surface area contributed by atoms with Crippen LogP contribution in [0.1, 0.15) is 18.9 Å². The molecule has 3 heterocycles. The van der Waals surface area contributed by atoms with Crippen LogP contribution in [0.2, 0.25) is 0 Å². The monoisotopic (exact) mass is 263 g/mol. The summed E-state index contributed by atoms with van der Waals surface area (Å²) in [6, 6.07) is 0. The van der Waals surface area contributed by atoms with Gasteiger partial charge in [-0.15, -0.1) is 22.7 Å². The van der Waals surface area contributed by atoms with E-state index < -0.39 is 0 Å². The van der Waals surface area contributed by atoms with Crippen molar-refractivity contribution in [2.24, 2.45) is 0 Å². The number of rotatable bonds is 2. The van der Waals surface area contributed by atoms with Crippen molar-refractivity contribution in [3.63, 3.8) is 0 Å². The molecule has 3 aromatic rings. The fraction of sp³-hybridized carbons (Fsp3) is 0.250. The first-order valence-electron chi connectivity index (χ1n) is 5.54. The number of nitrogens with two attached hydrogens (primary N) is 2. The largest absolute Gasteiger partial charge is 0.396 e. The van der Waals surface area contributed by atoms with Gasteiger partial charge in [-0.2, -0.15) is 0 Å². The summed E-state index contributed by atoms with van der Waals surface area (Å²) in [6.07, 6.45) is 2.17. The van der Waals surface area contributed by atoms with Crippen molar-refractivity contribution in [2.45, 2.75) is 19.8 Å². The van der Waals surface area contributed by atoms with Gasteiger partial charge in [0.25, 0.3) is 0 Å². The number of aromatic nitrogens is 1. The lowest BCUT2D eigenvalue weighted by Crippen LogP contribution is -1.91. The highest BCUT2D eigenvalue weighted by Gasteiger charge is 2.15. The first kappa shape index (κ1) is 10.8. The number of fused-ring (bicyclic) bond motifs is 2. The van der Waals surface area contributed by atoms with Crippen molar-refractivity contribution in [3.05, 3.63) is 16.3 Å². The molecule has 0 spiro atoms. The lowest BCUT2D eigenvalue weighted by Gasteiger charge is -2.03. The smallest absolute Gasteiger partial charge is 0.105 e. The van der Waals surface area contributed by atoms with Crippen LogP contribution in [0.15, 0.2) is 10.8 Å². The Bertz CT molecular complexity index is 642. The van der Waals surface area contributed by atoms with Crippen molar-refractivity contribution in [3.8, 4) is 0 Å². The predicted molar refractivity (Wildman–Crippen MR) is 77.8 cm³/mol. The first-order chi connectivity index (χ1) is 8.22. The molecule has 0 radical (unpaired) electrons. The van der Waals surface area contributed by atoms with E-state index in [1.165, 1.54) is 15.0 Å². The van der Waals surface area contributed by atoms with Gasteiger partial charge >= 0.3 is 0 Å². The molecule has 3 rings (SSSR count). The number of aryl methyl sites for hydroxylation is 1. The maximum atomic E-state index is 5.96. The van der Waals surface area contributed by atoms with Gasteiger partial charge in [0.05, 0.1) is 20.8 Å². The Morgan fingerprint density at radius 1 is 1.06 bits per heavy atom. The van der Waals surface area contributed by atoms with Gasteiger partial charge in [-0.1, -0.05) is 13.3 Å². The van der Waals surface area contributed by atoms with Gasteiger partial charge in [0.2, 0.25) is 0 Å². The van der Waals surface area contributed by atoms with Crippen LogP contribution in [0.4, 0.5) is 11.4 Å². The second kappa shape index (κ2) is 3.85. The van der Waals surface area contributed by atoms with Gasteiger partial charge in [-0.3, -0.25) is 0 Å². The van der Waals surface area contributed by atoms with E-state index in [0.717, 1.165) is 35.2 Å². The van der Waals surface area contributed by atoms with E-state index in [-0.39, 0.29) is 0 Å². The van der Waals surface area contributed by atoms with Crippen LogP contribution < -0.4 is 11.5 Å². The molecule has 0 aliphatic carbocycles. The standard InChI is InChI=1S/C12H13N3S2/c1-2-3-6-11-9(7(13)4-16-11)15-10-8(14)5-17-12(6)10/h4-5H,2-3,13-14H2,1H3. The summed E-state index contributed by atoms with van der Waals surface area (Å²) in [6.45, 7) is 2.19. The number of anilines is 2. The van der Waals surface area contributed by atoms with Crippen LogP contribution in [0, 0.1) is 0 Å². The molecule has 17 heavy (non-hydrogen) atoms. The van der Waals surface area contributed by atoms with Gasteiger partial charge in [-0.25, -0.2) is 4.98 Å². The second-order valence-corrected chi connectivity index (χ2v) is 5.84. The van der Waals surface area contributed by atoms with Gasteiger partial charge < -0.3 is 11.5 Å². The number of pyridine rings is 1. The maximum absolute atomic E-state index is 5.96. The third kappa shape index (κ3) is 1.50. The lowest BCUT2D eigenvalue weighted by molar-refractivity contribution is 0.938. The zero-order valence-electron chi connectivity index (χ0n) is 9.49. The molecule has 0 fully saturated rings. The molecule has 4 N–H and O–H groups in total. The van der Waals surface area contributed by atoms with Crippen LogP contribution in [0.5, 0.6) is 0 Å². The average Bonchev–Trinajstić information content (AvgIpc) is 2.86. The Balaban J connectivity index is 2.49. The fourth-order valence-corrected chi connectivity index (χ4v) is 4.10. The van der Waals surface area contributed by atoms with E-state index in [9.17, 15) is 0 Å². The summed E-state index contributed by atoms with van der Waals surface area (Å²) in [7, 11) is 0. The van der Waals surface area contributed by atoms with Crippen molar-refractivity contribution < 1.29 is 0 Å². The van der Waals surface area contributed by atoms with Gasteiger partial charge in [0, 0.05) is 10.8 Å². The van der Waals surface area contributed by atoms with Crippen LogP contribution in [-0.2, 0) is 6.42 Å². The molecule has 0 aliphatic heterocycles. The average molecular weight is 263 g/mol. The van der Waals surface area contributed by atoms with E-state index >= 15 is 0 Å². The SMILES string of the molecule is CCCc1c2scc(N)c2nc2c(N)csc12. The zero-order valence-corrected chi connectivity index (χ0v) is 11.1. The highest BCUT2D eigenvalue weighted by atomic mass is 32.1. The number of hydrogen-bond donors (Lipinski definition) is 2. The molecule has 0 unspecified atom stereocenters. The van der Waals surface area contributed by atoms with Gasteiger partial charge in [0.1, 0.15) is 11.0 Å². The summed E-state index contributed by atoms with van der Waals surface area (Å²) in [5.74, 6) is 0. The quantitative estimate of drug-likeness (QED) is 0.742. The molecule has 88 valence electrons. The molecule has 0 amide bonds. The minimum absolute atomic E-state index is 0.759. The molecule has 5 heteroatoms.